The van der Waals surface area contributed by atoms with Gasteiger partial charge in [0.2, 0.25) is 0 Å². The summed E-state index contributed by atoms with van der Waals surface area (Å²) in [5.74, 6) is 2.25. The number of rotatable bonds is 6. The van der Waals surface area contributed by atoms with Crippen LogP contribution in [0, 0.1) is 0 Å². The third kappa shape index (κ3) is 6.34. The maximum absolute atomic E-state index is 5.77. The first-order valence-corrected chi connectivity index (χ1v) is 14.1. The Morgan fingerprint density at radius 2 is 1.82 bits per heavy atom. The van der Waals surface area contributed by atoms with Gasteiger partial charge < -0.3 is 14.2 Å². The molecule has 0 spiro atoms. The van der Waals surface area contributed by atoms with E-state index >= 15 is 0 Å². The van der Waals surface area contributed by atoms with E-state index in [9.17, 15) is 0 Å². The third-order valence-electron chi connectivity index (χ3n) is 1.89. The van der Waals surface area contributed by atoms with Crippen LogP contribution in [0.1, 0.15) is 5.56 Å². The molecule has 0 heterocycles. The molecule has 0 aromatic heterocycles. The predicted molar refractivity (Wildman–Crippen MR) is 98.9 cm³/mol. The molecule has 0 aliphatic carbocycles. The zero-order chi connectivity index (χ0) is 12.9. The van der Waals surface area contributed by atoms with Crippen LogP contribution in [0.4, 0.5) is 0 Å². The SMILES string of the molecule is COCc1ccc(OCS(I)(I)I)c(OC)c1. The highest BCUT2D eigenvalue weighted by molar-refractivity contribution is 14.5. The van der Waals surface area contributed by atoms with Gasteiger partial charge in [0, 0.05) is 7.11 Å². The molecule has 17 heavy (non-hydrogen) atoms. The summed E-state index contributed by atoms with van der Waals surface area (Å²) in [6.07, 6.45) is 0. The van der Waals surface area contributed by atoms with Gasteiger partial charge in [0.25, 0.3) is 0 Å². The molecular weight excluding hydrogens is 581 g/mol. The second-order valence-electron chi connectivity index (χ2n) is 3.18. The van der Waals surface area contributed by atoms with E-state index in [0.29, 0.717) is 12.5 Å². The van der Waals surface area contributed by atoms with Crippen LogP contribution in [0.2, 0.25) is 0 Å². The lowest BCUT2D eigenvalue weighted by Gasteiger charge is -2.19. The van der Waals surface area contributed by atoms with E-state index in [1.54, 1.807) is 14.2 Å². The van der Waals surface area contributed by atoms with Crippen LogP contribution in [0.5, 0.6) is 11.5 Å². The third-order valence-corrected chi connectivity index (χ3v) is 4.56. The van der Waals surface area contributed by atoms with Crippen molar-refractivity contribution < 1.29 is 14.2 Å². The number of hydrogen-bond acceptors (Lipinski definition) is 3. The van der Waals surface area contributed by atoms with E-state index in [2.05, 4.69) is 63.6 Å². The molecule has 1 aromatic carbocycles. The highest BCUT2D eigenvalue weighted by atomic mass is 127. The molecule has 0 amide bonds. The maximum atomic E-state index is 5.77. The van der Waals surface area contributed by atoms with E-state index in [-0.39, 0.29) is 0 Å². The van der Waals surface area contributed by atoms with Crippen molar-refractivity contribution in [3.05, 3.63) is 23.8 Å². The Balaban J connectivity index is 2.78. The van der Waals surface area contributed by atoms with Gasteiger partial charge in [-0.1, -0.05) is 6.07 Å². The number of benzene rings is 1. The Labute approximate surface area is 139 Å². The number of methoxy groups -OCH3 is 2. The van der Waals surface area contributed by atoms with Gasteiger partial charge in [0.05, 0.1) is 13.7 Å². The molecule has 98 valence electrons. The second-order valence-corrected chi connectivity index (χ2v) is 33.1. The monoisotopic (exact) mass is 594 g/mol. The fourth-order valence-corrected chi connectivity index (χ4v) is 2.62. The summed E-state index contributed by atoms with van der Waals surface area (Å²) in [4.78, 5) is 0. The summed E-state index contributed by atoms with van der Waals surface area (Å²) in [6, 6.07) is 5.87. The molecule has 1 aromatic rings. The van der Waals surface area contributed by atoms with E-state index < -0.39 is 1.54 Å². The van der Waals surface area contributed by atoms with E-state index in [4.69, 9.17) is 14.2 Å². The van der Waals surface area contributed by atoms with E-state index in [1.807, 2.05) is 18.2 Å². The molecule has 0 unspecified atom stereocenters. The van der Waals surface area contributed by atoms with Crippen LogP contribution >= 0.6 is 65.2 Å². The summed E-state index contributed by atoms with van der Waals surface area (Å²) < 4.78 is 15.4. The summed E-state index contributed by atoms with van der Waals surface area (Å²) >= 11 is 7.25. The maximum Gasteiger partial charge on any atom is 0.162 e. The molecule has 0 atom stereocenters. The van der Waals surface area contributed by atoms with Crippen molar-refractivity contribution in [3.63, 3.8) is 0 Å². The van der Waals surface area contributed by atoms with Crippen molar-refractivity contribution >= 4 is 65.2 Å². The largest absolute Gasteiger partial charge is 0.493 e. The Bertz CT molecular complexity index is 368. The molecule has 0 aliphatic heterocycles. The van der Waals surface area contributed by atoms with Crippen LogP contribution in [0.3, 0.4) is 0 Å². The van der Waals surface area contributed by atoms with Crippen molar-refractivity contribution in [3.8, 4) is 11.5 Å². The Hall–Kier alpha value is 1.32. The van der Waals surface area contributed by atoms with Crippen molar-refractivity contribution in [2.75, 3.05) is 20.2 Å². The van der Waals surface area contributed by atoms with Gasteiger partial charge in [-0.2, -0.15) is 0 Å². The zero-order valence-corrected chi connectivity index (χ0v) is 16.7. The quantitative estimate of drug-likeness (QED) is 0.433. The lowest BCUT2D eigenvalue weighted by molar-refractivity contribution is 0.184. The number of hydrogen-bond donors (Lipinski definition) is 0. The lowest BCUT2D eigenvalue weighted by Crippen LogP contribution is -1.99. The summed E-state index contributed by atoms with van der Waals surface area (Å²) in [5.41, 5.74) is 1.08. The smallest absolute Gasteiger partial charge is 0.162 e. The van der Waals surface area contributed by atoms with Gasteiger partial charge >= 0.3 is 0 Å². The first-order valence-electron chi connectivity index (χ1n) is 4.65. The minimum Gasteiger partial charge on any atom is -0.493 e. The molecule has 0 bridgehead atoms. The predicted octanol–water partition coefficient (Wildman–Crippen LogP) is 5.03. The Morgan fingerprint density at radius 1 is 1.12 bits per heavy atom. The fraction of sp³-hybridized carbons (Fsp3) is 0.400. The molecule has 0 aliphatic rings. The molecule has 0 saturated heterocycles. The molecule has 1 rings (SSSR count). The second kappa shape index (κ2) is 7.80. The van der Waals surface area contributed by atoms with Gasteiger partial charge in [-0.3, -0.25) is 0 Å². The van der Waals surface area contributed by atoms with Crippen molar-refractivity contribution in [2.45, 2.75) is 6.61 Å². The topological polar surface area (TPSA) is 27.7 Å². The van der Waals surface area contributed by atoms with E-state index in [0.717, 1.165) is 17.1 Å². The molecule has 7 heteroatoms. The summed E-state index contributed by atoms with van der Waals surface area (Å²) in [7, 11) is 3.33. The highest BCUT2D eigenvalue weighted by Gasteiger charge is 2.14. The van der Waals surface area contributed by atoms with Crippen molar-refractivity contribution in [1.82, 2.24) is 0 Å². The Morgan fingerprint density at radius 3 is 2.35 bits per heavy atom. The van der Waals surface area contributed by atoms with Crippen LogP contribution < -0.4 is 9.47 Å². The van der Waals surface area contributed by atoms with Crippen molar-refractivity contribution in [1.29, 1.82) is 0 Å². The van der Waals surface area contributed by atoms with Crippen LogP contribution in [0.15, 0.2) is 18.2 Å². The molecule has 0 saturated carbocycles. The molecular formula is C10H13I3O3S. The molecule has 0 radical (unpaired) electrons. The van der Waals surface area contributed by atoms with Gasteiger partial charge in [-0.05, 0) is 82.9 Å². The van der Waals surface area contributed by atoms with Crippen LogP contribution in [-0.2, 0) is 11.3 Å². The lowest BCUT2D eigenvalue weighted by atomic mass is 10.2. The molecule has 0 fully saturated rings. The van der Waals surface area contributed by atoms with E-state index in [1.165, 1.54) is 0 Å². The van der Waals surface area contributed by atoms with Gasteiger partial charge in [-0.15, -0.1) is 0 Å². The first kappa shape index (κ1) is 16.4. The average molecular weight is 594 g/mol. The average Bonchev–Trinajstić information content (AvgIpc) is 2.26. The fourth-order valence-electron chi connectivity index (χ4n) is 1.22. The summed E-state index contributed by atoms with van der Waals surface area (Å²) in [6.45, 7) is 0.580. The van der Waals surface area contributed by atoms with Crippen LogP contribution in [-0.4, -0.2) is 20.2 Å². The molecule has 0 N–H and O–H groups in total. The number of ether oxygens (including phenoxy) is 3. The normalized spacial score (nSPS) is 12.3. The number of halogens is 3. The Kier molecular flexibility index (Phi) is 7.51. The summed E-state index contributed by atoms with van der Waals surface area (Å²) in [5, 5.41) is 0. The van der Waals surface area contributed by atoms with Crippen LogP contribution in [0.25, 0.3) is 0 Å². The minimum atomic E-state index is -0.760. The highest BCUT2D eigenvalue weighted by Crippen LogP contribution is 2.70. The van der Waals surface area contributed by atoms with Gasteiger partial charge in [-0.25, -0.2) is 0 Å². The van der Waals surface area contributed by atoms with Gasteiger partial charge in [0.1, 0.15) is 5.94 Å². The van der Waals surface area contributed by atoms with Crippen molar-refractivity contribution in [2.24, 2.45) is 0 Å². The standard InChI is InChI=1S/C10H13I3O3S/c1-14-6-8-3-4-9(10(5-8)15-2)16-7-17(11,12)13/h3-5H,6-7H2,1-2H3. The first-order chi connectivity index (χ1) is 7.96. The minimum absolute atomic E-state index is 0.580. The zero-order valence-electron chi connectivity index (χ0n) is 9.41. The van der Waals surface area contributed by atoms with Gasteiger partial charge in [0.15, 0.2) is 11.5 Å². The molecule has 3 nitrogen and oxygen atoms in total.